The maximum atomic E-state index is 11.6. The van der Waals surface area contributed by atoms with Crippen LogP contribution in [0, 0.1) is 0 Å². The fourth-order valence-corrected chi connectivity index (χ4v) is 1.82. The van der Waals surface area contributed by atoms with E-state index in [-0.39, 0.29) is 12.0 Å². The van der Waals surface area contributed by atoms with E-state index >= 15 is 0 Å². The Labute approximate surface area is 97.1 Å². The second-order valence-corrected chi connectivity index (χ2v) is 3.79. The van der Waals surface area contributed by atoms with Gasteiger partial charge in [-0.3, -0.25) is 9.59 Å². The monoisotopic (exact) mass is 232 g/mol. The number of para-hydroxylation sites is 1. The van der Waals surface area contributed by atoms with Gasteiger partial charge in [0, 0.05) is 17.9 Å². The molecule has 2 aromatic rings. The molecule has 5 nitrogen and oxygen atoms in total. The van der Waals surface area contributed by atoms with Crippen molar-refractivity contribution in [2.24, 2.45) is 0 Å². The largest absolute Gasteiger partial charge is 0.481 e. The Hall–Kier alpha value is -2.30. The highest BCUT2D eigenvalue weighted by molar-refractivity contribution is 5.83. The van der Waals surface area contributed by atoms with Crippen LogP contribution in [0.4, 0.5) is 0 Å². The number of rotatable bonds is 3. The Balaban J connectivity index is 2.59. The Bertz CT molecular complexity index is 631. The molecule has 2 rings (SSSR count). The number of carbonyl (C=O) groups is 1. The summed E-state index contributed by atoms with van der Waals surface area (Å²) < 4.78 is 1.07. The van der Waals surface area contributed by atoms with Crippen LogP contribution in [0.1, 0.15) is 12.0 Å². The van der Waals surface area contributed by atoms with Gasteiger partial charge in [-0.1, -0.05) is 18.2 Å². The molecular weight excluding hydrogens is 220 g/mol. The molecule has 1 aromatic carbocycles. The standard InChI is InChI=1S/C12H12N2O3/c13-14-10-4-2-1-3-9(10)8(7-11(14)15)5-6-12(16)17/h1-4,7H,5-6,13H2,(H,16,17). The lowest BCUT2D eigenvalue weighted by Gasteiger charge is -2.08. The summed E-state index contributed by atoms with van der Waals surface area (Å²) in [6, 6.07) is 8.57. The molecule has 1 aromatic heterocycles. The van der Waals surface area contributed by atoms with E-state index in [1.807, 2.05) is 12.1 Å². The van der Waals surface area contributed by atoms with Crippen molar-refractivity contribution in [3.05, 3.63) is 46.2 Å². The number of carboxylic acids is 1. The molecule has 88 valence electrons. The summed E-state index contributed by atoms with van der Waals surface area (Å²) in [6.45, 7) is 0. The molecule has 0 saturated carbocycles. The Morgan fingerprint density at radius 1 is 1.35 bits per heavy atom. The Morgan fingerprint density at radius 2 is 2.06 bits per heavy atom. The van der Waals surface area contributed by atoms with Gasteiger partial charge in [-0.2, -0.15) is 0 Å². The number of pyridine rings is 1. The van der Waals surface area contributed by atoms with E-state index in [1.165, 1.54) is 6.07 Å². The van der Waals surface area contributed by atoms with E-state index in [9.17, 15) is 9.59 Å². The van der Waals surface area contributed by atoms with Crippen LogP contribution >= 0.6 is 0 Å². The fourth-order valence-electron chi connectivity index (χ4n) is 1.82. The van der Waals surface area contributed by atoms with Gasteiger partial charge >= 0.3 is 5.97 Å². The summed E-state index contributed by atoms with van der Waals surface area (Å²) in [7, 11) is 0. The minimum Gasteiger partial charge on any atom is -0.481 e. The molecule has 0 bridgehead atoms. The first-order chi connectivity index (χ1) is 8.09. The molecule has 17 heavy (non-hydrogen) atoms. The molecule has 1 heterocycles. The molecule has 0 radical (unpaired) electrons. The van der Waals surface area contributed by atoms with Crippen molar-refractivity contribution in [2.75, 3.05) is 5.84 Å². The van der Waals surface area contributed by atoms with Gasteiger partial charge in [0.05, 0.1) is 5.52 Å². The molecule has 0 spiro atoms. The van der Waals surface area contributed by atoms with E-state index in [4.69, 9.17) is 10.9 Å². The maximum absolute atomic E-state index is 11.6. The van der Waals surface area contributed by atoms with E-state index in [0.717, 1.165) is 15.6 Å². The highest BCUT2D eigenvalue weighted by Gasteiger charge is 2.07. The molecule has 0 aliphatic carbocycles. The minimum absolute atomic E-state index is 0.00197. The summed E-state index contributed by atoms with van der Waals surface area (Å²) in [5.74, 6) is 4.75. The quantitative estimate of drug-likeness (QED) is 0.764. The van der Waals surface area contributed by atoms with Gasteiger partial charge in [0.2, 0.25) is 0 Å². The third-order valence-electron chi connectivity index (χ3n) is 2.65. The summed E-state index contributed by atoms with van der Waals surface area (Å²) in [6.07, 6.45) is 0.323. The zero-order chi connectivity index (χ0) is 12.4. The van der Waals surface area contributed by atoms with Gasteiger partial charge < -0.3 is 10.9 Å². The number of nitrogens with two attached hydrogens (primary N) is 1. The molecule has 0 unspecified atom stereocenters. The molecule has 0 saturated heterocycles. The molecule has 0 atom stereocenters. The SMILES string of the molecule is Nn1c(=O)cc(CCC(=O)O)c2ccccc21. The van der Waals surface area contributed by atoms with E-state index in [2.05, 4.69) is 0 Å². The maximum Gasteiger partial charge on any atom is 0.303 e. The number of hydrogen-bond acceptors (Lipinski definition) is 3. The van der Waals surface area contributed by atoms with Crippen LogP contribution in [0.25, 0.3) is 10.9 Å². The van der Waals surface area contributed by atoms with Crippen molar-refractivity contribution >= 4 is 16.9 Å². The summed E-state index contributed by atoms with van der Waals surface area (Å²) >= 11 is 0. The number of fused-ring (bicyclic) bond motifs is 1. The van der Waals surface area contributed by atoms with Crippen molar-refractivity contribution in [2.45, 2.75) is 12.8 Å². The summed E-state index contributed by atoms with van der Waals surface area (Å²) in [5.41, 5.74) is 0.999. The fraction of sp³-hybridized carbons (Fsp3) is 0.167. The second kappa shape index (κ2) is 4.29. The number of nitrogen functional groups attached to an aromatic ring is 1. The van der Waals surface area contributed by atoms with Gasteiger partial charge in [-0.05, 0) is 18.1 Å². The predicted molar refractivity (Wildman–Crippen MR) is 64.3 cm³/mol. The van der Waals surface area contributed by atoms with Crippen molar-refractivity contribution in [3.63, 3.8) is 0 Å². The number of aryl methyl sites for hydroxylation is 1. The van der Waals surface area contributed by atoms with Gasteiger partial charge in [0.1, 0.15) is 0 Å². The van der Waals surface area contributed by atoms with Crippen molar-refractivity contribution in [3.8, 4) is 0 Å². The van der Waals surface area contributed by atoms with Gasteiger partial charge in [-0.25, -0.2) is 4.68 Å². The zero-order valence-electron chi connectivity index (χ0n) is 9.09. The van der Waals surface area contributed by atoms with Crippen LogP contribution in [-0.2, 0) is 11.2 Å². The van der Waals surface area contributed by atoms with Crippen LogP contribution in [0.2, 0.25) is 0 Å². The average molecular weight is 232 g/mol. The summed E-state index contributed by atoms with van der Waals surface area (Å²) in [4.78, 5) is 22.1. The number of nitrogens with zero attached hydrogens (tertiary/aromatic N) is 1. The minimum atomic E-state index is -0.883. The van der Waals surface area contributed by atoms with Crippen LogP contribution in [0.3, 0.4) is 0 Å². The van der Waals surface area contributed by atoms with Gasteiger partial charge in [0.15, 0.2) is 0 Å². The number of benzene rings is 1. The smallest absolute Gasteiger partial charge is 0.303 e. The lowest BCUT2D eigenvalue weighted by atomic mass is 10.0. The second-order valence-electron chi connectivity index (χ2n) is 3.79. The molecule has 0 aliphatic rings. The van der Waals surface area contributed by atoms with Crippen molar-refractivity contribution in [1.29, 1.82) is 0 Å². The van der Waals surface area contributed by atoms with Crippen LogP contribution in [0.5, 0.6) is 0 Å². The first-order valence-electron chi connectivity index (χ1n) is 5.20. The van der Waals surface area contributed by atoms with Crippen molar-refractivity contribution in [1.82, 2.24) is 4.68 Å². The number of aromatic nitrogens is 1. The third-order valence-corrected chi connectivity index (χ3v) is 2.65. The predicted octanol–water partition coefficient (Wildman–Crippen LogP) is 0.732. The Morgan fingerprint density at radius 3 is 2.76 bits per heavy atom. The first-order valence-corrected chi connectivity index (χ1v) is 5.20. The van der Waals surface area contributed by atoms with Crippen LogP contribution < -0.4 is 11.4 Å². The molecule has 0 aliphatic heterocycles. The topological polar surface area (TPSA) is 85.3 Å². The summed E-state index contributed by atoms with van der Waals surface area (Å²) in [5, 5.41) is 9.48. The van der Waals surface area contributed by atoms with Gasteiger partial charge in [-0.15, -0.1) is 0 Å². The molecule has 0 fully saturated rings. The van der Waals surface area contributed by atoms with Crippen LogP contribution in [-0.4, -0.2) is 15.8 Å². The number of aliphatic carboxylic acids is 1. The van der Waals surface area contributed by atoms with Crippen molar-refractivity contribution < 1.29 is 9.90 Å². The molecule has 0 amide bonds. The zero-order valence-corrected chi connectivity index (χ0v) is 9.09. The number of carboxylic acid groups (broad SMARTS) is 1. The Kier molecular flexibility index (Phi) is 2.82. The number of hydrogen-bond donors (Lipinski definition) is 2. The highest BCUT2D eigenvalue weighted by Crippen LogP contribution is 2.16. The highest BCUT2D eigenvalue weighted by atomic mass is 16.4. The van der Waals surface area contributed by atoms with E-state index in [0.29, 0.717) is 11.9 Å². The van der Waals surface area contributed by atoms with E-state index < -0.39 is 5.97 Å². The van der Waals surface area contributed by atoms with Crippen LogP contribution in [0.15, 0.2) is 35.1 Å². The normalized spacial score (nSPS) is 10.6. The molecule has 3 N–H and O–H groups in total. The lowest BCUT2D eigenvalue weighted by molar-refractivity contribution is -0.136. The first kappa shape index (κ1) is 11.2. The average Bonchev–Trinajstić information content (AvgIpc) is 2.32. The van der Waals surface area contributed by atoms with E-state index in [1.54, 1.807) is 12.1 Å². The lowest BCUT2D eigenvalue weighted by Crippen LogP contribution is -2.27. The third kappa shape index (κ3) is 2.13. The molecule has 5 heteroatoms. The van der Waals surface area contributed by atoms with Gasteiger partial charge in [0.25, 0.3) is 5.56 Å². The molecular formula is C12H12N2O3.